The summed E-state index contributed by atoms with van der Waals surface area (Å²) in [5, 5.41) is 5.62. The van der Waals surface area contributed by atoms with Crippen molar-refractivity contribution in [2.45, 2.75) is 19.9 Å². The highest BCUT2D eigenvalue weighted by Gasteiger charge is 2.12. The van der Waals surface area contributed by atoms with E-state index in [2.05, 4.69) is 39.7 Å². The summed E-state index contributed by atoms with van der Waals surface area (Å²) >= 11 is 1.75. The van der Waals surface area contributed by atoms with Crippen LogP contribution in [0.1, 0.15) is 23.7 Å². The number of rotatable bonds is 4. The van der Waals surface area contributed by atoms with Crippen LogP contribution in [-0.4, -0.2) is 14.5 Å². The zero-order valence-electron chi connectivity index (χ0n) is 11.4. The first-order valence-electron chi connectivity index (χ1n) is 6.51. The molecule has 3 aromatic rings. The van der Waals surface area contributed by atoms with Crippen LogP contribution in [0.15, 0.2) is 48.2 Å². The van der Waals surface area contributed by atoms with Crippen molar-refractivity contribution in [2.24, 2.45) is 0 Å². The predicted octanol–water partition coefficient (Wildman–Crippen LogP) is 3.81. The minimum absolute atomic E-state index is 0.252. The Balaban J connectivity index is 1.93. The predicted molar refractivity (Wildman–Crippen MR) is 82.5 cm³/mol. The van der Waals surface area contributed by atoms with Gasteiger partial charge in [0.1, 0.15) is 5.82 Å². The molecule has 20 heavy (non-hydrogen) atoms. The number of anilines is 1. The molecule has 3 heterocycles. The summed E-state index contributed by atoms with van der Waals surface area (Å²) < 4.78 is 1.99. The number of pyridine rings is 1. The molecule has 0 bridgehead atoms. The Labute approximate surface area is 122 Å². The minimum Gasteiger partial charge on any atom is -0.375 e. The fourth-order valence-corrected chi connectivity index (χ4v) is 2.88. The second kappa shape index (κ2) is 5.46. The molecule has 3 aromatic heterocycles. The highest BCUT2D eigenvalue weighted by molar-refractivity contribution is 7.10. The van der Waals surface area contributed by atoms with Gasteiger partial charge in [0, 0.05) is 23.5 Å². The van der Waals surface area contributed by atoms with Gasteiger partial charge >= 0.3 is 0 Å². The van der Waals surface area contributed by atoms with Crippen molar-refractivity contribution in [3.05, 3.63) is 58.9 Å². The van der Waals surface area contributed by atoms with E-state index in [0.717, 1.165) is 17.3 Å². The largest absolute Gasteiger partial charge is 0.375 e. The highest BCUT2D eigenvalue weighted by atomic mass is 32.1. The fourth-order valence-electron chi connectivity index (χ4n) is 2.15. The normalized spacial score (nSPS) is 12.3. The van der Waals surface area contributed by atoms with Crippen molar-refractivity contribution in [2.75, 3.05) is 5.32 Å². The molecule has 0 aliphatic heterocycles. The molecule has 0 spiro atoms. The van der Waals surface area contributed by atoms with Gasteiger partial charge in [0.2, 0.25) is 0 Å². The summed E-state index contributed by atoms with van der Waals surface area (Å²) in [5.41, 5.74) is 1.01. The number of aryl methyl sites for hydroxylation is 1. The lowest BCUT2D eigenvalue weighted by atomic mass is 10.2. The van der Waals surface area contributed by atoms with Crippen molar-refractivity contribution < 1.29 is 0 Å². The Hall–Kier alpha value is -2.14. The Morgan fingerprint density at radius 3 is 2.80 bits per heavy atom. The van der Waals surface area contributed by atoms with Gasteiger partial charge in [-0.05, 0) is 37.4 Å². The topological polar surface area (TPSA) is 42.7 Å². The number of imidazole rings is 1. The van der Waals surface area contributed by atoms with E-state index in [9.17, 15) is 0 Å². The van der Waals surface area contributed by atoms with Gasteiger partial charge in [-0.3, -0.25) is 4.57 Å². The molecule has 3 rings (SSSR count). The Bertz CT molecular complexity index is 687. The van der Waals surface area contributed by atoms with E-state index >= 15 is 0 Å². The average Bonchev–Trinajstić information content (AvgIpc) is 3.10. The number of hydrogen-bond donors (Lipinski definition) is 1. The standard InChI is InChI=1S/C15H16N4S/c1-11(14-6-4-10-20-14)18-13-5-3-7-17-15(13)19-9-8-16-12(19)2/h3-11,18H,1-2H3. The lowest BCUT2D eigenvalue weighted by Crippen LogP contribution is -2.09. The summed E-state index contributed by atoms with van der Waals surface area (Å²) in [6.07, 6.45) is 5.52. The van der Waals surface area contributed by atoms with Crippen molar-refractivity contribution >= 4 is 17.0 Å². The molecule has 0 aliphatic rings. The van der Waals surface area contributed by atoms with Crippen molar-refractivity contribution in [1.82, 2.24) is 14.5 Å². The van der Waals surface area contributed by atoms with E-state index in [1.165, 1.54) is 4.88 Å². The van der Waals surface area contributed by atoms with Crippen LogP contribution in [0.25, 0.3) is 5.82 Å². The second-order valence-corrected chi connectivity index (χ2v) is 5.58. The SMILES string of the molecule is Cc1nccn1-c1ncccc1NC(C)c1cccs1. The number of nitrogens with zero attached hydrogens (tertiary/aromatic N) is 3. The molecule has 0 aliphatic carbocycles. The van der Waals surface area contributed by atoms with Gasteiger partial charge in [0.15, 0.2) is 5.82 Å². The summed E-state index contributed by atoms with van der Waals surface area (Å²) in [7, 11) is 0. The maximum absolute atomic E-state index is 4.48. The molecule has 0 aromatic carbocycles. The number of aromatic nitrogens is 3. The van der Waals surface area contributed by atoms with Crippen molar-refractivity contribution in [3.63, 3.8) is 0 Å². The van der Waals surface area contributed by atoms with Gasteiger partial charge in [0.05, 0.1) is 11.7 Å². The Morgan fingerprint density at radius 2 is 2.10 bits per heavy atom. The van der Waals surface area contributed by atoms with Gasteiger partial charge in [0.25, 0.3) is 0 Å². The first-order chi connectivity index (χ1) is 9.75. The van der Waals surface area contributed by atoms with Gasteiger partial charge in [-0.2, -0.15) is 0 Å². The van der Waals surface area contributed by atoms with Crippen molar-refractivity contribution in [3.8, 4) is 5.82 Å². The summed E-state index contributed by atoms with van der Waals surface area (Å²) in [6, 6.07) is 8.45. The van der Waals surface area contributed by atoms with Gasteiger partial charge < -0.3 is 5.32 Å². The second-order valence-electron chi connectivity index (χ2n) is 4.60. The monoisotopic (exact) mass is 284 g/mol. The third-order valence-corrected chi connectivity index (χ3v) is 4.24. The lowest BCUT2D eigenvalue weighted by Gasteiger charge is -2.17. The molecule has 0 saturated heterocycles. The molecule has 5 heteroatoms. The molecular formula is C15H16N4S. The molecule has 4 nitrogen and oxygen atoms in total. The molecule has 1 atom stereocenters. The first-order valence-corrected chi connectivity index (χ1v) is 7.39. The van der Waals surface area contributed by atoms with E-state index in [0.29, 0.717) is 0 Å². The quantitative estimate of drug-likeness (QED) is 0.792. The van der Waals surface area contributed by atoms with E-state index in [-0.39, 0.29) is 6.04 Å². The molecule has 1 unspecified atom stereocenters. The van der Waals surface area contributed by atoms with Crippen LogP contribution in [0.5, 0.6) is 0 Å². The third kappa shape index (κ3) is 2.44. The maximum atomic E-state index is 4.48. The van der Waals surface area contributed by atoms with Gasteiger partial charge in [-0.1, -0.05) is 6.07 Å². The van der Waals surface area contributed by atoms with E-state index < -0.39 is 0 Å². The number of thiophene rings is 1. The van der Waals surface area contributed by atoms with Crippen LogP contribution in [0.4, 0.5) is 5.69 Å². The number of hydrogen-bond acceptors (Lipinski definition) is 4. The van der Waals surface area contributed by atoms with Crippen LogP contribution in [-0.2, 0) is 0 Å². The van der Waals surface area contributed by atoms with E-state index in [1.54, 1.807) is 23.7 Å². The first kappa shape index (κ1) is 12.9. The van der Waals surface area contributed by atoms with Gasteiger partial charge in [-0.15, -0.1) is 11.3 Å². The zero-order valence-corrected chi connectivity index (χ0v) is 12.3. The molecule has 1 N–H and O–H groups in total. The molecule has 0 amide bonds. The van der Waals surface area contributed by atoms with Crippen LogP contribution >= 0.6 is 11.3 Å². The molecule has 0 radical (unpaired) electrons. The average molecular weight is 284 g/mol. The lowest BCUT2D eigenvalue weighted by molar-refractivity contribution is 0.882. The van der Waals surface area contributed by atoms with Crippen molar-refractivity contribution in [1.29, 1.82) is 0 Å². The Kier molecular flexibility index (Phi) is 3.52. The molecular weight excluding hydrogens is 268 g/mol. The fraction of sp³-hybridized carbons (Fsp3) is 0.200. The Morgan fingerprint density at radius 1 is 1.20 bits per heavy atom. The van der Waals surface area contributed by atoms with Crippen LogP contribution < -0.4 is 5.32 Å². The van der Waals surface area contributed by atoms with E-state index in [1.807, 2.05) is 29.8 Å². The van der Waals surface area contributed by atoms with Gasteiger partial charge in [-0.25, -0.2) is 9.97 Å². The summed E-state index contributed by atoms with van der Waals surface area (Å²) in [6.45, 7) is 4.13. The van der Waals surface area contributed by atoms with Crippen LogP contribution in [0.3, 0.4) is 0 Å². The van der Waals surface area contributed by atoms with E-state index in [4.69, 9.17) is 0 Å². The molecule has 0 fully saturated rings. The minimum atomic E-state index is 0.252. The molecule has 102 valence electrons. The summed E-state index contributed by atoms with van der Waals surface area (Å²) in [4.78, 5) is 10.0. The zero-order chi connectivity index (χ0) is 13.9. The highest BCUT2D eigenvalue weighted by Crippen LogP contribution is 2.26. The van der Waals surface area contributed by atoms with Crippen LogP contribution in [0.2, 0.25) is 0 Å². The summed E-state index contributed by atoms with van der Waals surface area (Å²) in [5.74, 6) is 1.81. The smallest absolute Gasteiger partial charge is 0.161 e. The third-order valence-electron chi connectivity index (χ3n) is 3.18. The maximum Gasteiger partial charge on any atom is 0.161 e. The number of nitrogens with one attached hydrogen (secondary N) is 1. The van der Waals surface area contributed by atoms with Crippen LogP contribution in [0, 0.1) is 6.92 Å². The molecule has 0 saturated carbocycles.